The molecule has 1 unspecified atom stereocenters. The average Bonchev–Trinajstić information content (AvgIpc) is 3.03. The monoisotopic (exact) mass is 269 g/mol. The number of carbonyl (C=O) groups is 1. The Bertz CT molecular complexity index is 728. The highest BCUT2D eigenvalue weighted by Crippen LogP contribution is 2.43. The lowest BCUT2D eigenvalue weighted by Crippen LogP contribution is -2.35. The summed E-state index contributed by atoms with van der Waals surface area (Å²) in [4.78, 5) is 12.2. The van der Waals surface area contributed by atoms with Crippen molar-refractivity contribution in [3.05, 3.63) is 53.6 Å². The van der Waals surface area contributed by atoms with Crippen LogP contribution in [-0.2, 0) is 10.4 Å². The van der Waals surface area contributed by atoms with E-state index in [0.717, 1.165) is 0 Å². The van der Waals surface area contributed by atoms with Gasteiger partial charge in [0.25, 0.3) is 5.91 Å². The summed E-state index contributed by atoms with van der Waals surface area (Å²) in [5.41, 5.74) is -0.0665. The van der Waals surface area contributed by atoms with Crippen LogP contribution in [0.2, 0.25) is 0 Å². The van der Waals surface area contributed by atoms with Crippen LogP contribution in [0.4, 0.5) is 5.69 Å². The van der Waals surface area contributed by atoms with Gasteiger partial charge in [-0.1, -0.05) is 24.3 Å². The van der Waals surface area contributed by atoms with Crippen molar-refractivity contribution in [2.75, 3.05) is 12.1 Å². The van der Waals surface area contributed by atoms with Gasteiger partial charge >= 0.3 is 0 Å². The summed E-state index contributed by atoms with van der Waals surface area (Å²) in [7, 11) is 0. The molecular formula is C15H11NO4. The largest absolute Gasteiger partial charge is 0.454 e. The van der Waals surface area contributed by atoms with Gasteiger partial charge in [-0.2, -0.15) is 0 Å². The molecule has 2 aliphatic rings. The number of fused-ring (bicyclic) bond motifs is 2. The Kier molecular flexibility index (Phi) is 2.11. The van der Waals surface area contributed by atoms with Crippen LogP contribution in [0.3, 0.4) is 0 Å². The molecule has 5 nitrogen and oxygen atoms in total. The van der Waals surface area contributed by atoms with Crippen LogP contribution in [0, 0.1) is 0 Å². The molecule has 0 aromatic heterocycles. The molecule has 100 valence electrons. The van der Waals surface area contributed by atoms with Crippen molar-refractivity contribution >= 4 is 11.6 Å². The van der Waals surface area contributed by atoms with Gasteiger partial charge in [-0.05, 0) is 18.2 Å². The SMILES string of the molecule is O=C1Nc2ccccc2C1(O)c1ccc2c(c1)OCO2. The van der Waals surface area contributed by atoms with Gasteiger partial charge in [0, 0.05) is 16.8 Å². The second-order valence-electron chi connectivity index (χ2n) is 4.78. The highest BCUT2D eigenvalue weighted by atomic mass is 16.7. The van der Waals surface area contributed by atoms with Gasteiger partial charge in [-0.3, -0.25) is 4.79 Å². The molecule has 0 fully saturated rings. The van der Waals surface area contributed by atoms with Crippen LogP contribution >= 0.6 is 0 Å². The Hall–Kier alpha value is -2.53. The van der Waals surface area contributed by atoms with E-state index < -0.39 is 11.5 Å². The van der Waals surface area contributed by atoms with E-state index in [1.165, 1.54) is 0 Å². The van der Waals surface area contributed by atoms with Crippen molar-refractivity contribution in [3.63, 3.8) is 0 Å². The van der Waals surface area contributed by atoms with Gasteiger partial charge in [0.15, 0.2) is 17.1 Å². The number of nitrogens with one attached hydrogen (secondary N) is 1. The molecule has 2 aliphatic heterocycles. The van der Waals surface area contributed by atoms with E-state index >= 15 is 0 Å². The second kappa shape index (κ2) is 3.74. The number of anilines is 1. The van der Waals surface area contributed by atoms with E-state index in [0.29, 0.717) is 28.3 Å². The third kappa shape index (κ3) is 1.32. The first-order valence-electron chi connectivity index (χ1n) is 6.23. The molecule has 0 spiro atoms. The minimum absolute atomic E-state index is 0.153. The van der Waals surface area contributed by atoms with Crippen LogP contribution in [0.25, 0.3) is 0 Å². The minimum atomic E-state index is -1.70. The lowest BCUT2D eigenvalue weighted by atomic mass is 9.87. The minimum Gasteiger partial charge on any atom is -0.454 e. The maximum absolute atomic E-state index is 12.2. The molecule has 1 amide bonds. The highest BCUT2D eigenvalue weighted by Gasteiger charge is 2.47. The first-order valence-corrected chi connectivity index (χ1v) is 6.23. The number of benzene rings is 2. The predicted molar refractivity (Wildman–Crippen MR) is 70.6 cm³/mol. The number of aliphatic hydroxyl groups is 1. The Morgan fingerprint density at radius 1 is 1.10 bits per heavy atom. The normalized spacial score (nSPS) is 22.6. The van der Waals surface area contributed by atoms with Crippen molar-refractivity contribution in [1.82, 2.24) is 0 Å². The zero-order valence-corrected chi connectivity index (χ0v) is 10.4. The fourth-order valence-corrected chi connectivity index (χ4v) is 2.65. The first-order chi connectivity index (χ1) is 9.69. The molecule has 2 aromatic carbocycles. The van der Waals surface area contributed by atoms with Crippen LogP contribution in [0.15, 0.2) is 42.5 Å². The molecule has 0 saturated carbocycles. The van der Waals surface area contributed by atoms with E-state index in [-0.39, 0.29) is 6.79 Å². The summed E-state index contributed by atoms with van der Waals surface area (Å²) in [5, 5.41) is 13.6. The molecule has 2 heterocycles. The number of amides is 1. The highest BCUT2D eigenvalue weighted by molar-refractivity contribution is 6.07. The van der Waals surface area contributed by atoms with Gasteiger partial charge in [0.1, 0.15) is 0 Å². The van der Waals surface area contributed by atoms with Gasteiger partial charge < -0.3 is 19.9 Å². The quantitative estimate of drug-likeness (QED) is 0.825. The van der Waals surface area contributed by atoms with E-state index in [1.807, 2.05) is 6.07 Å². The summed E-state index contributed by atoms with van der Waals surface area (Å²) < 4.78 is 10.5. The summed E-state index contributed by atoms with van der Waals surface area (Å²) in [6.45, 7) is 0.153. The van der Waals surface area contributed by atoms with Gasteiger partial charge in [-0.25, -0.2) is 0 Å². The molecule has 2 aromatic rings. The zero-order chi connectivity index (χ0) is 13.7. The van der Waals surface area contributed by atoms with Crippen molar-refractivity contribution in [1.29, 1.82) is 0 Å². The first kappa shape index (κ1) is 11.3. The Labute approximate surface area is 114 Å². The maximum atomic E-state index is 12.2. The predicted octanol–water partition coefficient (Wildman–Crippen LogP) is 1.60. The van der Waals surface area contributed by atoms with Crippen molar-refractivity contribution in [2.45, 2.75) is 5.60 Å². The van der Waals surface area contributed by atoms with Crippen molar-refractivity contribution in [2.24, 2.45) is 0 Å². The molecule has 0 saturated heterocycles. The Morgan fingerprint density at radius 2 is 1.90 bits per heavy atom. The smallest absolute Gasteiger partial charge is 0.265 e. The summed E-state index contributed by atoms with van der Waals surface area (Å²) in [6.07, 6.45) is 0. The molecule has 0 aliphatic carbocycles. The summed E-state index contributed by atoms with van der Waals surface area (Å²) >= 11 is 0. The van der Waals surface area contributed by atoms with E-state index in [9.17, 15) is 9.90 Å². The Balaban J connectivity index is 1.90. The number of para-hydroxylation sites is 1. The number of hydrogen-bond donors (Lipinski definition) is 2. The number of carbonyl (C=O) groups excluding carboxylic acids is 1. The average molecular weight is 269 g/mol. The van der Waals surface area contributed by atoms with Gasteiger partial charge in [0.2, 0.25) is 6.79 Å². The third-order valence-electron chi connectivity index (χ3n) is 3.68. The van der Waals surface area contributed by atoms with Crippen LogP contribution in [0.1, 0.15) is 11.1 Å². The maximum Gasteiger partial charge on any atom is 0.265 e. The van der Waals surface area contributed by atoms with Gasteiger partial charge in [-0.15, -0.1) is 0 Å². The van der Waals surface area contributed by atoms with E-state index in [2.05, 4.69) is 5.32 Å². The molecule has 20 heavy (non-hydrogen) atoms. The van der Waals surface area contributed by atoms with Crippen LogP contribution < -0.4 is 14.8 Å². The zero-order valence-electron chi connectivity index (χ0n) is 10.4. The molecular weight excluding hydrogens is 258 g/mol. The molecule has 1 atom stereocenters. The lowest BCUT2D eigenvalue weighted by molar-refractivity contribution is -0.129. The molecule has 0 bridgehead atoms. The molecule has 4 rings (SSSR count). The molecule has 0 radical (unpaired) electrons. The summed E-state index contributed by atoms with van der Waals surface area (Å²) in [6, 6.07) is 12.1. The topological polar surface area (TPSA) is 67.8 Å². The number of hydrogen-bond acceptors (Lipinski definition) is 4. The molecule has 5 heteroatoms. The molecule has 2 N–H and O–H groups in total. The van der Waals surface area contributed by atoms with E-state index in [4.69, 9.17) is 9.47 Å². The van der Waals surface area contributed by atoms with Crippen LogP contribution in [0.5, 0.6) is 11.5 Å². The number of rotatable bonds is 1. The van der Waals surface area contributed by atoms with E-state index in [1.54, 1.807) is 36.4 Å². The number of ether oxygens (including phenoxy) is 2. The third-order valence-corrected chi connectivity index (χ3v) is 3.68. The van der Waals surface area contributed by atoms with Crippen molar-refractivity contribution < 1.29 is 19.4 Å². The van der Waals surface area contributed by atoms with Crippen molar-refractivity contribution in [3.8, 4) is 11.5 Å². The second-order valence-corrected chi connectivity index (χ2v) is 4.78. The summed E-state index contributed by atoms with van der Waals surface area (Å²) in [5.74, 6) is 0.690. The fourth-order valence-electron chi connectivity index (χ4n) is 2.65. The van der Waals surface area contributed by atoms with Crippen LogP contribution in [-0.4, -0.2) is 17.8 Å². The fraction of sp³-hybridized carbons (Fsp3) is 0.133. The lowest BCUT2D eigenvalue weighted by Gasteiger charge is -2.21. The Morgan fingerprint density at radius 3 is 2.80 bits per heavy atom. The standard InChI is InChI=1S/C15H11NO4/c17-14-15(18,10-3-1-2-4-11(10)16-14)9-5-6-12-13(7-9)20-8-19-12/h1-7,18H,8H2,(H,16,17). The van der Waals surface area contributed by atoms with Gasteiger partial charge in [0.05, 0.1) is 0 Å².